The van der Waals surface area contributed by atoms with Crippen LogP contribution in [-0.2, 0) is 15.6 Å². The fourth-order valence-corrected chi connectivity index (χ4v) is 3.24. The van der Waals surface area contributed by atoms with Crippen molar-refractivity contribution < 1.29 is 8.42 Å². The molecule has 1 aromatic carbocycles. The molecular formula is C14H16N2O2S2. The number of thioether (sulfide) groups is 1. The van der Waals surface area contributed by atoms with Crippen LogP contribution in [0.15, 0.2) is 52.4 Å². The summed E-state index contributed by atoms with van der Waals surface area (Å²) < 4.78 is 22.8. The van der Waals surface area contributed by atoms with E-state index in [9.17, 15) is 8.42 Å². The molecule has 106 valence electrons. The molecule has 1 aromatic heterocycles. The maximum absolute atomic E-state index is 11.4. The number of hydrogen-bond donors (Lipinski definition) is 1. The van der Waals surface area contributed by atoms with Crippen molar-refractivity contribution in [2.75, 3.05) is 18.6 Å². The Balaban J connectivity index is 2.08. The average molecular weight is 308 g/mol. The van der Waals surface area contributed by atoms with Crippen LogP contribution in [0.2, 0.25) is 0 Å². The molecule has 0 radical (unpaired) electrons. The van der Waals surface area contributed by atoms with Crippen LogP contribution >= 0.6 is 11.8 Å². The van der Waals surface area contributed by atoms with E-state index in [1.807, 2.05) is 31.3 Å². The number of nitrogens with zero attached hydrogens (tertiary/aromatic N) is 1. The highest BCUT2D eigenvalue weighted by molar-refractivity contribution is 7.98. The quantitative estimate of drug-likeness (QED) is 0.861. The normalized spacial score (nSPS) is 11.3. The number of aromatic nitrogens is 1. The molecular weight excluding hydrogens is 292 g/mol. The molecule has 0 aliphatic carbocycles. The molecule has 4 nitrogen and oxygen atoms in total. The van der Waals surface area contributed by atoms with E-state index in [1.165, 1.54) is 6.26 Å². The van der Waals surface area contributed by atoms with Crippen molar-refractivity contribution in [1.82, 2.24) is 4.98 Å². The van der Waals surface area contributed by atoms with Crippen molar-refractivity contribution in [1.29, 1.82) is 0 Å². The minimum absolute atomic E-state index is 0.346. The van der Waals surface area contributed by atoms with Crippen LogP contribution in [0.25, 0.3) is 0 Å². The van der Waals surface area contributed by atoms with Crippen LogP contribution in [0.5, 0.6) is 0 Å². The van der Waals surface area contributed by atoms with E-state index in [-0.39, 0.29) is 0 Å². The molecule has 0 aliphatic rings. The van der Waals surface area contributed by atoms with Gasteiger partial charge in [0.2, 0.25) is 0 Å². The molecule has 20 heavy (non-hydrogen) atoms. The average Bonchev–Trinajstić information content (AvgIpc) is 2.45. The molecule has 6 heteroatoms. The Labute approximate surface area is 123 Å². The van der Waals surface area contributed by atoms with Gasteiger partial charge in [-0.2, -0.15) is 0 Å². The molecule has 2 rings (SSSR count). The van der Waals surface area contributed by atoms with E-state index >= 15 is 0 Å². The van der Waals surface area contributed by atoms with Crippen molar-refractivity contribution in [2.24, 2.45) is 0 Å². The summed E-state index contributed by atoms with van der Waals surface area (Å²) in [6.07, 6.45) is 2.96. The van der Waals surface area contributed by atoms with E-state index < -0.39 is 9.84 Å². The predicted octanol–water partition coefficient (Wildman–Crippen LogP) is 2.82. The Morgan fingerprint density at radius 1 is 1.20 bits per heavy atom. The predicted molar refractivity (Wildman–Crippen MR) is 82.9 cm³/mol. The van der Waals surface area contributed by atoms with Gasteiger partial charge in [0.15, 0.2) is 9.84 Å². The molecule has 2 aromatic rings. The van der Waals surface area contributed by atoms with E-state index in [0.717, 1.165) is 22.0 Å². The fourth-order valence-electron chi connectivity index (χ4n) is 1.72. The maximum Gasteiger partial charge on any atom is 0.175 e. The maximum atomic E-state index is 11.4. The van der Waals surface area contributed by atoms with Crippen molar-refractivity contribution in [3.8, 4) is 0 Å². The third-order valence-corrected chi connectivity index (χ3v) is 4.96. The molecule has 0 unspecified atom stereocenters. The molecule has 0 atom stereocenters. The van der Waals surface area contributed by atoms with E-state index in [0.29, 0.717) is 4.90 Å². The number of anilines is 1. The minimum Gasteiger partial charge on any atom is -0.373 e. The summed E-state index contributed by atoms with van der Waals surface area (Å²) in [6, 6.07) is 10.9. The largest absolute Gasteiger partial charge is 0.373 e. The highest BCUT2D eigenvalue weighted by Crippen LogP contribution is 2.26. The first-order chi connectivity index (χ1) is 9.50. The fraction of sp³-hybridized carbons (Fsp3) is 0.214. The summed E-state index contributed by atoms with van der Waals surface area (Å²) in [7, 11) is -1.28. The van der Waals surface area contributed by atoms with Crippen LogP contribution in [0, 0.1) is 0 Å². The Hall–Kier alpha value is -1.53. The SMILES string of the molecule is CNc1ncccc1CSc1ccc(S(C)(=O)=O)cc1. The third kappa shape index (κ3) is 3.74. The lowest BCUT2D eigenvalue weighted by molar-refractivity contribution is 0.602. The summed E-state index contributed by atoms with van der Waals surface area (Å²) in [6.45, 7) is 0. The third-order valence-electron chi connectivity index (χ3n) is 2.77. The van der Waals surface area contributed by atoms with Crippen LogP contribution < -0.4 is 5.32 Å². The lowest BCUT2D eigenvalue weighted by atomic mass is 10.3. The lowest BCUT2D eigenvalue weighted by Crippen LogP contribution is -1.97. The Morgan fingerprint density at radius 2 is 1.90 bits per heavy atom. The van der Waals surface area contributed by atoms with Crippen molar-refractivity contribution in [3.05, 3.63) is 48.2 Å². The smallest absolute Gasteiger partial charge is 0.175 e. The Kier molecular flexibility index (Phi) is 4.67. The van der Waals surface area contributed by atoms with Gasteiger partial charge < -0.3 is 5.32 Å². The monoisotopic (exact) mass is 308 g/mol. The highest BCUT2D eigenvalue weighted by Gasteiger charge is 2.07. The van der Waals surface area contributed by atoms with Gasteiger partial charge in [-0.3, -0.25) is 0 Å². The molecule has 0 amide bonds. The Morgan fingerprint density at radius 3 is 2.50 bits per heavy atom. The zero-order valence-corrected chi connectivity index (χ0v) is 13.0. The first kappa shape index (κ1) is 14.9. The zero-order chi connectivity index (χ0) is 14.6. The van der Waals surface area contributed by atoms with Gasteiger partial charge in [0, 0.05) is 35.7 Å². The second kappa shape index (κ2) is 6.28. The molecule has 0 fully saturated rings. The number of nitrogens with one attached hydrogen (secondary N) is 1. The zero-order valence-electron chi connectivity index (χ0n) is 11.3. The number of sulfone groups is 1. The van der Waals surface area contributed by atoms with E-state index in [4.69, 9.17) is 0 Å². The number of hydrogen-bond acceptors (Lipinski definition) is 5. The summed E-state index contributed by atoms with van der Waals surface area (Å²) >= 11 is 1.65. The van der Waals surface area contributed by atoms with E-state index in [2.05, 4.69) is 10.3 Å². The summed E-state index contributed by atoms with van der Waals surface area (Å²) in [5.41, 5.74) is 1.12. The molecule has 0 saturated carbocycles. The highest BCUT2D eigenvalue weighted by atomic mass is 32.2. The van der Waals surface area contributed by atoms with Gasteiger partial charge in [0.05, 0.1) is 4.90 Å². The topological polar surface area (TPSA) is 59.1 Å². The van der Waals surface area contributed by atoms with Gasteiger partial charge in [-0.05, 0) is 30.3 Å². The van der Waals surface area contributed by atoms with Crippen molar-refractivity contribution in [3.63, 3.8) is 0 Å². The number of rotatable bonds is 5. The first-order valence-corrected chi connectivity index (χ1v) is 8.93. The number of benzene rings is 1. The molecule has 1 heterocycles. The van der Waals surface area contributed by atoms with E-state index in [1.54, 1.807) is 30.1 Å². The molecule has 0 saturated heterocycles. The van der Waals surface area contributed by atoms with Crippen LogP contribution in [0.3, 0.4) is 0 Å². The van der Waals surface area contributed by atoms with Crippen LogP contribution in [0.1, 0.15) is 5.56 Å². The second-order valence-electron chi connectivity index (χ2n) is 4.29. The van der Waals surface area contributed by atoms with Crippen LogP contribution in [0.4, 0.5) is 5.82 Å². The summed E-state index contributed by atoms with van der Waals surface area (Å²) in [4.78, 5) is 5.63. The summed E-state index contributed by atoms with van der Waals surface area (Å²) in [5, 5.41) is 3.06. The van der Waals surface area contributed by atoms with Gasteiger partial charge >= 0.3 is 0 Å². The van der Waals surface area contributed by atoms with Gasteiger partial charge in [0.1, 0.15) is 5.82 Å². The molecule has 0 spiro atoms. The van der Waals surface area contributed by atoms with Gasteiger partial charge in [-0.25, -0.2) is 13.4 Å². The molecule has 0 aliphatic heterocycles. The number of pyridine rings is 1. The van der Waals surface area contributed by atoms with Crippen molar-refractivity contribution in [2.45, 2.75) is 15.5 Å². The van der Waals surface area contributed by atoms with Crippen molar-refractivity contribution >= 4 is 27.4 Å². The Bertz CT molecular complexity index is 683. The van der Waals surface area contributed by atoms with Crippen LogP contribution in [-0.4, -0.2) is 26.7 Å². The first-order valence-electron chi connectivity index (χ1n) is 6.05. The molecule has 1 N–H and O–H groups in total. The van der Waals surface area contributed by atoms with Gasteiger partial charge in [-0.15, -0.1) is 11.8 Å². The molecule has 0 bridgehead atoms. The minimum atomic E-state index is -3.13. The second-order valence-corrected chi connectivity index (χ2v) is 7.36. The standard InChI is InChI=1S/C14H16N2O2S2/c1-15-14-11(4-3-9-16-14)10-19-12-5-7-13(8-6-12)20(2,17)18/h3-9H,10H2,1-2H3,(H,15,16). The summed E-state index contributed by atoms with van der Waals surface area (Å²) in [5.74, 6) is 1.65. The lowest BCUT2D eigenvalue weighted by Gasteiger charge is -2.07. The van der Waals surface area contributed by atoms with Gasteiger partial charge in [-0.1, -0.05) is 6.07 Å². The van der Waals surface area contributed by atoms with Gasteiger partial charge in [0.25, 0.3) is 0 Å².